The molecule has 0 amide bonds. The first-order valence-electron chi connectivity index (χ1n) is 5.42. The van der Waals surface area contributed by atoms with Crippen LogP contribution in [-0.4, -0.2) is 40.9 Å². The van der Waals surface area contributed by atoms with Gasteiger partial charge in [0.15, 0.2) is 5.82 Å². The Hall–Kier alpha value is -1.95. The quantitative estimate of drug-likeness (QED) is 0.811. The number of hydrogen-bond acceptors (Lipinski definition) is 5. The van der Waals surface area contributed by atoms with Crippen molar-refractivity contribution in [2.75, 3.05) is 20.7 Å². The van der Waals surface area contributed by atoms with Gasteiger partial charge in [-0.2, -0.15) is 4.68 Å². The standard InChI is InChI=1S/C11H15N5O/c1-12-8-7-11-13-14-15-16(11)9-5-3-4-6-10(9)17-2/h3-6,12H,7-8H2,1-2H3. The van der Waals surface area contributed by atoms with Gasteiger partial charge in [0.25, 0.3) is 0 Å². The van der Waals surface area contributed by atoms with Crippen LogP contribution in [0.5, 0.6) is 5.75 Å². The SMILES string of the molecule is CNCCc1nnnn1-c1ccccc1OC. The number of hydrogen-bond donors (Lipinski definition) is 1. The molecule has 0 aliphatic heterocycles. The number of tetrazole rings is 1. The highest BCUT2D eigenvalue weighted by molar-refractivity contribution is 5.46. The number of nitrogens with one attached hydrogen (secondary N) is 1. The molecule has 0 bridgehead atoms. The Balaban J connectivity index is 2.35. The largest absolute Gasteiger partial charge is 0.494 e. The molecule has 1 aromatic carbocycles. The number of aromatic nitrogens is 4. The minimum absolute atomic E-state index is 0.755. The summed E-state index contributed by atoms with van der Waals surface area (Å²) in [6.45, 7) is 0.829. The van der Waals surface area contributed by atoms with Gasteiger partial charge < -0.3 is 10.1 Å². The second kappa shape index (κ2) is 5.40. The molecule has 6 nitrogen and oxygen atoms in total. The minimum Gasteiger partial charge on any atom is -0.494 e. The number of methoxy groups -OCH3 is 1. The molecule has 90 valence electrons. The molecule has 0 aliphatic rings. The first kappa shape index (κ1) is 11.5. The van der Waals surface area contributed by atoms with Crippen molar-refractivity contribution in [1.29, 1.82) is 0 Å². The van der Waals surface area contributed by atoms with Crippen LogP contribution >= 0.6 is 0 Å². The fraction of sp³-hybridized carbons (Fsp3) is 0.364. The molecule has 1 heterocycles. The smallest absolute Gasteiger partial charge is 0.158 e. The molecular weight excluding hydrogens is 218 g/mol. The summed E-state index contributed by atoms with van der Waals surface area (Å²) < 4.78 is 7.00. The molecule has 1 N–H and O–H groups in total. The Bertz CT molecular complexity index is 482. The van der Waals surface area contributed by atoms with Crippen molar-refractivity contribution in [3.8, 4) is 11.4 Å². The zero-order valence-electron chi connectivity index (χ0n) is 9.92. The van der Waals surface area contributed by atoms with E-state index in [9.17, 15) is 0 Å². The molecule has 1 aromatic heterocycles. The molecule has 0 spiro atoms. The van der Waals surface area contributed by atoms with E-state index in [1.165, 1.54) is 0 Å². The number of rotatable bonds is 5. The number of benzene rings is 1. The van der Waals surface area contributed by atoms with Crippen LogP contribution in [0.25, 0.3) is 5.69 Å². The lowest BCUT2D eigenvalue weighted by Gasteiger charge is -2.08. The summed E-state index contributed by atoms with van der Waals surface area (Å²) in [6.07, 6.45) is 0.765. The van der Waals surface area contributed by atoms with E-state index in [1.54, 1.807) is 11.8 Å². The van der Waals surface area contributed by atoms with Gasteiger partial charge in [-0.05, 0) is 29.6 Å². The lowest BCUT2D eigenvalue weighted by atomic mass is 10.3. The number of para-hydroxylation sites is 2. The summed E-state index contributed by atoms with van der Waals surface area (Å²) >= 11 is 0. The van der Waals surface area contributed by atoms with Gasteiger partial charge in [0.1, 0.15) is 11.4 Å². The van der Waals surface area contributed by atoms with Crippen LogP contribution in [0.3, 0.4) is 0 Å². The average Bonchev–Trinajstić information content (AvgIpc) is 2.84. The Labute approximate surface area is 99.6 Å². The summed E-state index contributed by atoms with van der Waals surface area (Å²) in [4.78, 5) is 0. The van der Waals surface area contributed by atoms with Crippen LogP contribution in [0.2, 0.25) is 0 Å². The molecule has 0 aliphatic carbocycles. The molecule has 0 atom stereocenters. The van der Waals surface area contributed by atoms with Crippen LogP contribution in [0, 0.1) is 0 Å². The Morgan fingerprint density at radius 3 is 2.94 bits per heavy atom. The normalized spacial score (nSPS) is 10.5. The van der Waals surface area contributed by atoms with E-state index in [2.05, 4.69) is 20.8 Å². The molecule has 2 aromatic rings. The third-order valence-electron chi connectivity index (χ3n) is 2.45. The molecule has 0 unspecified atom stereocenters. The van der Waals surface area contributed by atoms with Crippen LogP contribution in [0.15, 0.2) is 24.3 Å². The summed E-state index contributed by atoms with van der Waals surface area (Å²) in [5.74, 6) is 1.56. The summed E-state index contributed by atoms with van der Waals surface area (Å²) in [5.41, 5.74) is 0.853. The monoisotopic (exact) mass is 233 g/mol. The Kier molecular flexibility index (Phi) is 3.66. The van der Waals surface area contributed by atoms with E-state index in [4.69, 9.17) is 4.74 Å². The van der Waals surface area contributed by atoms with E-state index < -0.39 is 0 Å². The summed E-state index contributed by atoms with van der Waals surface area (Å²) in [7, 11) is 3.54. The summed E-state index contributed by atoms with van der Waals surface area (Å²) in [6, 6.07) is 7.66. The van der Waals surface area contributed by atoms with Gasteiger partial charge in [0.05, 0.1) is 7.11 Å². The van der Waals surface area contributed by atoms with Crippen molar-refractivity contribution in [3.63, 3.8) is 0 Å². The third-order valence-corrected chi connectivity index (χ3v) is 2.45. The van der Waals surface area contributed by atoms with E-state index in [0.717, 1.165) is 30.2 Å². The molecule has 0 saturated heterocycles. The van der Waals surface area contributed by atoms with Gasteiger partial charge >= 0.3 is 0 Å². The zero-order chi connectivity index (χ0) is 12.1. The number of nitrogens with zero attached hydrogens (tertiary/aromatic N) is 4. The van der Waals surface area contributed by atoms with Gasteiger partial charge in [-0.1, -0.05) is 12.1 Å². The molecule has 6 heteroatoms. The number of likely N-dealkylation sites (N-methyl/N-ethyl adjacent to an activating group) is 1. The van der Waals surface area contributed by atoms with Gasteiger partial charge in [-0.3, -0.25) is 0 Å². The van der Waals surface area contributed by atoms with E-state index in [0.29, 0.717) is 0 Å². The lowest BCUT2D eigenvalue weighted by Crippen LogP contribution is -2.14. The minimum atomic E-state index is 0.755. The van der Waals surface area contributed by atoms with E-state index in [-0.39, 0.29) is 0 Å². The van der Waals surface area contributed by atoms with Gasteiger partial charge in [0.2, 0.25) is 0 Å². The molecule has 0 radical (unpaired) electrons. The highest BCUT2D eigenvalue weighted by Gasteiger charge is 2.11. The maximum atomic E-state index is 5.30. The maximum absolute atomic E-state index is 5.30. The fourth-order valence-corrected chi connectivity index (χ4v) is 1.59. The lowest BCUT2D eigenvalue weighted by molar-refractivity contribution is 0.411. The molecule has 17 heavy (non-hydrogen) atoms. The number of ether oxygens (including phenoxy) is 1. The van der Waals surface area contributed by atoms with Crippen molar-refractivity contribution in [3.05, 3.63) is 30.1 Å². The first-order valence-corrected chi connectivity index (χ1v) is 5.42. The molecular formula is C11H15N5O. The van der Waals surface area contributed by atoms with E-state index in [1.807, 2.05) is 31.3 Å². The summed E-state index contributed by atoms with van der Waals surface area (Å²) in [5, 5.41) is 14.8. The second-order valence-corrected chi connectivity index (χ2v) is 3.53. The topological polar surface area (TPSA) is 64.9 Å². The highest BCUT2D eigenvalue weighted by atomic mass is 16.5. The van der Waals surface area contributed by atoms with Crippen molar-refractivity contribution >= 4 is 0 Å². The predicted molar refractivity (Wildman–Crippen MR) is 63.3 cm³/mol. The Morgan fingerprint density at radius 1 is 1.35 bits per heavy atom. The third kappa shape index (κ3) is 2.42. The van der Waals surface area contributed by atoms with Crippen molar-refractivity contribution in [1.82, 2.24) is 25.5 Å². The van der Waals surface area contributed by atoms with Gasteiger partial charge in [-0.25, -0.2) is 0 Å². The van der Waals surface area contributed by atoms with E-state index >= 15 is 0 Å². The Morgan fingerprint density at radius 2 is 2.18 bits per heavy atom. The van der Waals surface area contributed by atoms with Crippen LogP contribution in [0.1, 0.15) is 5.82 Å². The maximum Gasteiger partial charge on any atom is 0.158 e. The fourth-order valence-electron chi connectivity index (χ4n) is 1.59. The zero-order valence-corrected chi connectivity index (χ0v) is 9.92. The van der Waals surface area contributed by atoms with Crippen molar-refractivity contribution in [2.45, 2.75) is 6.42 Å². The van der Waals surface area contributed by atoms with Gasteiger partial charge in [-0.15, -0.1) is 5.10 Å². The average molecular weight is 233 g/mol. The van der Waals surface area contributed by atoms with Crippen LogP contribution in [-0.2, 0) is 6.42 Å². The predicted octanol–water partition coefficient (Wildman–Crippen LogP) is 0.433. The van der Waals surface area contributed by atoms with Crippen LogP contribution < -0.4 is 10.1 Å². The van der Waals surface area contributed by atoms with Crippen molar-refractivity contribution in [2.24, 2.45) is 0 Å². The second-order valence-electron chi connectivity index (χ2n) is 3.53. The first-order chi connectivity index (χ1) is 8.36. The highest BCUT2D eigenvalue weighted by Crippen LogP contribution is 2.21. The van der Waals surface area contributed by atoms with Gasteiger partial charge in [0, 0.05) is 13.0 Å². The van der Waals surface area contributed by atoms with Crippen LogP contribution in [0.4, 0.5) is 0 Å². The molecule has 2 rings (SSSR count). The molecule has 0 fully saturated rings. The molecule has 0 saturated carbocycles. The van der Waals surface area contributed by atoms with Crippen molar-refractivity contribution < 1.29 is 4.74 Å².